The molecule has 1 aliphatic heterocycles. The average Bonchev–Trinajstić information content (AvgIpc) is 2.90. The summed E-state index contributed by atoms with van der Waals surface area (Å²) in [5.41, 5.74) is 0.539. The Morgan fingerprint density at radius 1 is 1.00 bits per heavy atom. The molecule has 158 valence electrons. The third-order valence-corrected chi connectivity index (χ3v) is 5.39. The summed E-state index contributed by atoms with van der Waals surface area (Å²) in [6.07, 6.45) is 0.749. The van der Waals surface area contributed by atoms with Crippen molar-refractivity contribution in [2.45, 2.75) is 58.8 Å². The molecule has 0 saturated heterocycles. The summed E-state index contributed by atoms with van der Waals surface area (Å²) < 4.78 is 5.43. The number of hydrogen-bond acceptors (Lipinski definition) is 6. The number of carbonyl (C=O) groups excluding carboxylic acids is 4. The third kappa shape index (κ3) is 4.63. The predicted molar refractivity (Wildman–Crippen MR) is 112 cm³/mol. The van der Waals surface area contributed by atoms with Gasteiger partial charge in [-0.2, -0.15) is 11.8 Å². The van der Waals surface area contributed by atoms with Crippen molar-refractivity contribution < 1.29 is 23.9 Å². The predicted octanol–water partition coefficient (Wildman–Crippen LogP) is 2.59. The van der Waals surface area contributed by atoms with Crippen molar-refractivity contribution in [2.24, 2.45) is 0 Å². The van der Waals surface area contributed by atoms with E-state index in [4.69, 9.17) is 4.74 Å². The summed E-state index contributed by atoms with van der Waals surface area (Å²) in [6, 6.07) is 5.26. The number of esters is 1. The standard InChI is InChI=1S/C21H28N2O5S/c1-12(2)22(13(3)4)18(24)14(5)28-21(27)17(11-29-6)23-19(25)15-9-7-8-10-16(15)20(23)26/h7-10,12-14,17H,11H2,1-6H3/t14-,17+/m1/s1. The van der Waals surface area contributed by atoms with Gasteiger partial charge in [0.15, 0.2) is 6.10 Å². The van der Waals surface area contributed by atoms with Gasteiger partial charge in [0.25, 0.3) is 17.7 Å². The van der Waals surface area contributed by atoms with E-state index in [0.717, 1.165) is 4.90 Å². The van der Waals surface area contributed by atoms with Gasteiger partial charge in [-0.15, -0.1) is 0 Å². The quantitative estimate of drug-likeness (QED) is 0.475. The lowest BCUT2D eigenvalue weighted by Gasteiger charge is -2.33. The molecular formula is C21H28N2O5S. The molecule has 1 heterocycles. The van der Waals surface area contributed by atoms with E-state index in [1.807, 2.05) is 27.7 Å². The van der Waals surface area contributed by atoms with Gasteiger partial charge in [0.05, 0.1) is 11.1 Å². The van der Waals surface area contributed by atoms with Gasteiger partial charge in [0.1, 0.15) is 6.04 Å². The Morgan fingerprint density at radius 3 is 1.90 bits per heavy atom. The number of benzene rings is 1. The molecule has 8 heteroatoms. The fourth-order valence-corrected chi connectivity index (χ4v) is 4.12. The van der Waals surface area contributed by atoms with E-state index in [1.165, 1.54) is 18.7 Å². The van der Waals surface area contributed by atoms with Crippen LogP contribution < -0.4 is 0 Å². The molecule has 0 aromatic heterocycles. The molecule has 29 heavy (non-hydrogen) atoms. The number of fused-ring (bicyclic) bond motifs is 1. The normalized spacial score (nSPS) is 15.5. The lowest BCUT2D eigenvalue weighted by atomic mass is 10.1. The van der Waals surface area contributed by atoms with E-state index < -0.39 is 29.9 Å². The van der Waals surface area contributed by atoms with Crippen molar-refractivity contribution in [1.29, 1.82) is 0 Å². The Kier molecular flexibility index (Phi) is 7.46. The first-order chi connectivity index (χ1) is 13.6. The van der Waals surface area contributed by atoms with Crippen molar-refractivity contribution in [1.82, 2.24) is 9.80 Å². The maximum absolute atomic E-state index is 12.9. The molecule has 0 spiro atoms. The molecule has 3 amide bonds. The second kappa shape index (κ2) is 9.43. The zero-order valence-electron chi connectivity index (χ0n) is 17.7. The van der Waals surface area contributed by atoms with E-state index in [0.29, 0.717) is 0 Å². The van der Waals surface area contributed by atoms with Gasteiger partial charge in [-0.1, -0.05) is 12.1 Å². The molecule has 2 atom stereocenters. The highest BCUT2D eigenvalue weighted by molar-refractivity contribution is 7.98. The molecule has 1 aromatic rings. The lowest BCUT2D eigenvalue weighted by molar-refractivity contribution is -0.163. The van der Waals surface area contributed by atoms with Crippen LogP contribution in [0.25, 0.3) is 0 Å². The third-order valence-electron chi connectivity index (χ3n) is 4.74. The van der Waals surface area contributed by atoms with Gasteiger partial charge in [-0.25, -0.2) is 4.79 Å². The molecule has 1 aromatic carbocycles. The van der Waals surface area contributed by atoms with Gasteiger partial charge >= 0.3 is 5.97 Å². The minimum Gasteiger partial charge on any atom is -0.451 e. The number of nitrogens with zero attached hydrogens (tertiary/aromatic N) is 2. The fourth-order valence-electron chi connectivity index (χ4n) is 3.52. The summed E-state index contributed by atoms with van der Waals surface area (Å²) in [6.45, 7) is 9.07. The fraction of sp³-hybridized carbons (Fsp3) is 0.524. The molecule has 0 radical (unpaired) electrons. The Labute approximate surface area is 175 Å². The lowest BCUT2D eigenvalue weighted by Crippen LogP contribution is -2.51. The van der Waals surface area contributed by atoms with E-state index in [9.17, 15) is 19.2 Å². The average molecular weight is 421 g/mol. The topological polar surface area (TPSA) is 84.0 Å². The Hall–Kier alpha value is -2.35. The Bertz CT molecular complexity index is 765. The van der Waals surface area contributed by atoms with Crippen LogP contribution in [0.2, 0.25) is 0 Å². The van der Waals surface area contributed by atoms with Crippen molar-refractivity contribution in [3.05, 3.63) is 35.4 Å². The first-order valence-corrected chi connectivity index (χ1v) is 11.0. The number of thioether (sulfide) groups is 1. The molecule has 0 unspecified atom stereocenters. The van der Waals surface area contributed by atoms with E-state index >= 15 is 0 Å². The summed E-state index contributed by atoms with van der Waals surface area (Å²) in [7, 11) is 0. The van der Waals surface area contributed by atoms with Crippen molar-refractivity contribution in [2.75, 3.05) is 12.0 Å². The molecule has 0 fully saturated rings. The van der Waals surface area contributed by atoms with Crippen LogP contribution in [0, 0.1) is 0 Å². The van der Waals surface area contributed by atoms with Crippen LogP contribution in [-0.2, 0) is 14.3 Å². The number of rotatable bonds is 8. The summed E-state index contributed by atoms with van der Waals surface area (Å²) in [4.78, 5) is 53.7. The number of hydrogen-bond donors (Lipinski definition) is 0. The molecule has 1 aliphatic rings. The SMILES string of the molecule is CSC[C@@H](C(=O)O[C@H](C)C(=O)N(C(C)C)C(C)C)N1C(=O)c2ccccc2C1=O. The zero-order chi connectivity index (χ0) is 21.9. The summed E-state index contributed by atoms with van der Waals surface area (Å²) >= 11 is 1.32. The van der Waals surface area contributed by atoms with E-state index in [1.54, 1.807) is 35.4 Å². The Balaban J connectivity index is 2.21. The minimum atomic E-state index is -1.10. The summed E-state index contributed by atoms with van der Waals surface area (Å²) in [5, 5.41) is 0. The van der Waals surface area contributed by atoms with Gasteiger partial charge in [-0.3, -0.25) is 19.3 Å². The zero-order valence-corrected chi connectivity index (χ0v) is 18.5. The van der Waals surface area contributed by atoms with Gasteiger partial charge in [0.2, 0.25) is 0 Å². The minimum absolute atomic E-state index is 0.0538. The van der Waals surface area contributed by atoms with Crippen molar-refractivity contribution >= 4 is 35.5 Å². The van der Waals surface area contributed by atoms with Gasteiger partial charge < -0.3 is 9.64 Å². The molecular weight excluding hydrogens is 392 g/mol. The number of ether oxygens (including phenoxy) is 1. The molecule has 7 nitrogen and oxygen atoms in total. The number of carbonyl (C=O) groups is 4. The molecule has 0 N–H and O–H groups in total. The maximum atomic E-state index is 12.9. The molecule has 0 saturated carbocycles. The van der Waals surface area contributed by atoms with Gasteiger partial charge in [-0.05, 0) is 53.0 Å². The first-order valence-electron chi connectivity index (χ1n) is 9.60. The van der Waals surface area contributed by atoms with E-state index in [-0.39, 0.29) is 34.9 Å². The van der Waals surface area contributed by atoms with Crippen LogP contribution in [0.15, 0.2) is 24.3 Å². The number of imide groups is 1. The number of amides is 3. The smallest absolute Gasteiger partial charge is 0.331 e. The first kappa shape index (κ1) is 22.9. The van der Waals surface area contributed by atoms with Crippen LogP contribution in [0.5, 0.6) is 0 Å². The monoisotopic (exact) mass is 420 g/mol. The highest BCUT2D eigenvalue weighted by Crippen LogP contribution is 2.26. The largest absolute Gasteiger partial charge is 0.451 e. The van der Waals surface area contributed by atoms with Crippen LogP contribution >= 0.6 is 11.8 Å². The van der Waals surface area contributed by atoms with Gasteiger partial charge in [0, 0.05) is 17.8 Å². The second-order valence-electron chi connectivity index (χ2n) is 7.51. The van der Waals surface area contributed by atoms with Crippen LogP contribution in [0.3, 0.4) is 0 Å². The highest BCUT2D eigenvalue weighted by atomic mass is 32.2. The van der Waals surface area contributed by atoms with Crippen LogP contribution in [-0.4, -0.2) is 69.7 Å². The second-order valence-corrected chi connectivity index (χ2v) is 8.42. The van der Waals surface area contributed by atoms with Crippen molar-refractivity contribution in [3.8, 4) is 0 Å². The highest BCUT2D eigenvalue weighted by Gasteiger charge is 2.44. The molecule has 0 aliphatic carbocycles. The maximum Gasteiger partial charge on any atom is 0.331 e. The van der Waals surface area contributed by atoms with Crippen LogP contribution in [0.1, 0.15) is 55.3 Å². The van der Waals surface area contributed by atoms with E-state index in [2.05, 4.69) is 0 Å². The Morgan fingerprint density at radius 2 is 1.48 bits per heavy atom. The van der Waals surface area contributed by atoms with Crippen molar-refractivity contribution in [3.63, 3.8) is 0 Å². The summed E-state index contributed by atoms with van der Waals surface area (Å²) in [5.74, 6) is -1.93. The molecule has 2 rings (SSSR count). The van der Waals surface area contributed by atoms with Crippen LogP contribution in [0.4, 0.5) is 0 Å². The molecule has 0 bridgehead atoms.